The number of rotatable bonds is 5. The fourth-order valence-electron chi connectivity index (χ4n) is 1.97. The van der Waals surface area contributed by atoms with Crippen LogP contribution in [0.4, 0.5) is 11.4 Å². The Morgan fingerprint density at radius 2 is 1.80 bits per heavy atom. The molecule has 0 saturated carbocycles. The molecule has 0 saturated heterocycles. The number of halogens is 1. The predicted octanol–water partition coefficient (Wildman–Crippen LogP) is 4.07. The van der Waals surface area contributed by atoms with Crippen molar-refractivity contribution in [2.75, 3.05) is 5.32 Å². The van der Waals surface area contributed by atoms with E-state index < -0.39 is 16.8 Å². The third kappa shape index (κ3) is 4.77. The molecule has 1 amide bonds. The van der Waals surface area contributed by atoms with E-state index in [4.69, 9.17) is 16.3 Å². The third-order valence-electron chi connectivity index (χ3n) is 3.13. The van der Waals surface area contributed by atoms with E-state index >= 15 is 0 Å². The van der Waals surface area contributed by atoms with Gasteiger partial charge in [-0.1, -0.05) is 11.6 Å². The molecule has 0 aliphatic rings. The average Bonchev–Trinajstić information content (AvgIpc) is 2.54. The van der Waals surface area contributed by atoms with E-state index in [0.29, 0.717) is 11.3 Å². The lowest BCUT2D eigenvalue weighted by Gasteiger charge is -2.09. The first-order valence-electron chi connectivity index (χ1n) is 7.34. The van der Waals surface area contributed by atoms with Gasteiger partial charge in [0.2, 0.25) is 0 Å². The first-order valence-corrected chi connectivity index (χ1v) is 7.72. The molecule has 8 heteroatoms. The molecule has 1 N–H and O–H groups in total. The number of hydrogen-bond acceptors (Lipinski definition) is 5. The summed E-state index contributed by atoms with van der Waals surface area (Å²) < 4.78 is 5.07. The zero-order valence-electron chi connectivity index (χ0n) is 13.5. The minimum atomic E-state index is -0.609. The van der Waals surface area contributed by atoms with Gasteiger partial charge in [0.1, 0.15) is 0 Å². The number of carbonyl (C=O) groups excluding carboxylic acids is 2. The van der Waals surface area contributed by atoms with Crippen LogP contribution in [0.25, 0.3) is 0 Å². The number of nitro benzene ring substituents is 1. The molecule has 0 aromatic heterocycles. The van der Waals surface area contributed by atoms with Crippen LogP contribution in [0.3, 0.4) is 0 Å². The number of hydrogen-bond donors (Lipinski definition) is 1. The number of carbonyl (C=O) groups is 2. The number of non-ortho nitro benzene ring substituents is 1. The fourth-order valence-corrected chi connectivity index (χ4v) is 2.17. The SMILES string of the molecule is CC(C)OC(=O)c1ccc(NC(=O)c2cc([N+](=O)[O-])ccc2Cl)cc1. The van der Waals surface area contributed by atoms with E-state index in [1.165, 1.54) is 36.4 Å². The van der Waals surface area contributed by atoms with Crippen LogP contribution < -0.4 is 5.32 Å². The minimum Gasteiger partial charge on any atom is -0.459 e. The highest BCUT2D eigenvalue weighted by molar-refractivity contribution is 6.34. The number of anilines is 1. The van der Waals surface area contributed by atoms with Gasteiger partial charge in [-0.2, -0.15) is 0 Å². The summed E-state index contributed by atoms with van der Waals surface area (Å²) in [5, 5.41) is 13.5. The maximum atomic E-state index is 12.3. The van der Waals surface area contributed by atoms with Gasteiger partial charge >= 0.3 is 5.97 Å². The maximum absolute atomic E-state index is 12.3. The number of ether oxygens (including phenoxy) is 1. The molecule has 0 bridgehead atoms. The van der Waals surface area contributed by atoms with Gasteiger partial charge in [0.25, 0.3) is 11.6 Å². The zero-order chi connectivity index (χ0) is 18.6. The third-order valence-corrected chi connectivity index (χ3v) is 3.46. The first-order chi connectivity index (χ1) is 11.8. The number of amides is 1. The van der Waals surface area contributed by atoms with Crippen molar-refractivity contribution in [3.63, 3.8) is 0 Å². The molecule has 0 spiro atoms. The smallest absolute Gasteiger partial charge is 0.338 e. The monoisotopic (exact) mass is 362 g/mol. The summed E-state index contributed by atoms with van der Waals surface area (Å²) >= 11 is 5.93. The van der Waals surface area contributed by atoms with Crippen molar-refractivity contribution in [3.05, 3.63) is 68.7 Å². The standard InChI is InChI=1S/C17H15ClN2O5/c1-10(2)25-17(22)11-3-5-12(6-4-11)19-16(21)14-9-13(20(23)24)7-8-15(14)18/h3-10H,1-2H3,(H,19,21). The lowest BCUT2D eigenvalue weighted by Crippen LogP contribution is -2.14. The van der Waals surface area contributed by atoms with Crippen LogP contribution in [-0.4, -0.2) is 22.9 Å². The van der Waals surface area contributed by atoms with Crippen LogP contribution in [0, 0.1) is 10.1 Å². The van der Waals surface area contributed by atoms with Crippen LogP contribution in [0.5, 0.6) is 0 Å². The van der Waals surface area contributed by atoms with E-state index in [2.05, 4.69) is 5.32 Å². The molecule has 0 heterocycles. The van der Waals surface area contributed by atoms with E-state index in [9.17, 15) is 19.7 Å². The molecule has 25 heavy (non-hydrogen) atoms. The lowest BCUT2D eigenvalue weighted by atomic mass is 10.1. The molecule has 2 aromatic rings. The van der Waals surface area contributed by atoms with Crippen molar-refractivity contribution in [2.24, 2.45) is 0 Å². The van der Waals surface area contributed by atoms with Crippen LogP contribution in [0.15, 0.2) is 42.5 Å². The molecular formula is C17H15ClN2O5. The summed E-state index contributed by atoms with van der Waals surface area (Å²) in [6.07, 6.45) is -0.233. The highest BCUT2D eigenvalue weighted by Gasteiger charge is 2.16. The van der Waals surface area contributed by atoms with Crippen LogP contribution >= 0.6 is 11.6 Å². The van der Waals surface area contributed by atoms with Gasteiger partial charge in [-0.3, -0.25) is 14.9 Å². The Balaban J connectivity index is 2.14. The maximum Gasteiger partial charge on any atom is 0.338 e. The van der Waals surface area contributed by atoms with Crippen molar-refractivity contribution in [1.82, 2.24) is 0 Å². The van der Waals surface area contributed by atoms with Crippen molar-refractivity contribution in [2.45, 2.75) is 20.0 Å². The summed E-state index contributed by atoms with van der Waals surface area (Å²) in [6, 6.07) is 9.69. The van der Waals surface area contributed by atoms with Crippen molar-refractivity contribution in [1.29, 1.82) is 0 Å². The summed E-state index contributed by atoms with van der Waals surface area (Å²) in [6.45, 7) is 3.49. The van der Waals surface area contributed by atoms with Gasteiger partial charge in [-0.25, -0.2) is 4.79 Å². The Kier molecular flexibility index (Phi) is 5.71. The molecule has 0 atom stereocenters. The summed E-state index contributed by atoms with van der Waals surface area (Å²) in [7, 11) is 0. The normalized spacial score (nSPS) is 10.4. The molecule has 7 nitrogen and oxygen atoms in total. The molecule has 0 unspecified atom stereocenters. The van der Waals surface area contributed by atoms with Crippen molar-refractivity contribution < 1.29 is 19.2 Å². The van der Waals surface area contributed by atoms with Crippen LogP contribution in [0.1, 0.15) is 34.6 Å². The predicted molar refractivity (Wildman–Crippen MR) is 93.1 cm³/mol. The molecular weight excluding hydrogens is 348 g/mol. The lowest BCUT2D eigenvalue weighted by molar-refractivity contribution is -0.384. The van der Waals surface area contributed by atoms with E-state index in [-0.39, 0.29) is 22.4 Å². The second-order valence-electron chi connectivity index (χ2n) is 5.41. The van der Waals surface area contributed by atoms with Crippen LogP contribution in [-0.2, 0) is 4.74 Å². The molecule has 0 aliphatic heterocycles. The van der Waals surface area contributed by atoms with Gasteiger partial charge in [0.15, 0.2) is 0 Å². The molecule has 2 aromatic carbocycles. The number of nitrogens with one attached hydrogen (secondary N) is 1. The average molecular weight is 363 g/mol. The Morgan fingerprint density at radius 3 is 2.36 bits per heavy atom. The highest BCUT2D eigenvalue weighted by atomic mass is 35.5. The number of benzene rings is 2. The Labute approximate surface area is 148 Å². The molecule has 0 aliphatic carbocycles. The number of esters is 1. The van der Waals surface area contributed by atoms with Gasteiger partial charge < -0.3 is 10.1 Å². The van der Waals surface area contributed by atoms with Crippen molar-refractivity contribution in [3.8, 4) is 0 Å². The summed E-state index contributed by atoms with van der Waals surface area (Å²) in [5.41, 5.74) is 0.509. The number of nitro groups is 1. The fraction of sp³-hybridized carbons (Fsp3) is 0.176. The van der Waals surface area contributed by atoms with Gasteiger partial charge in [0, 0.05) is 17.8 Å². The first kappa shape index (κ1) is 18.4. The van der Waals surface area contributed by atoms with Crippen LogP contribution in [0.2, 0.25) is 5.02 Å². The summed E-state index contributed by atoms with van der Waals surface area (Å²) in [4.78, 5) is 34.2. The van der Waals surface area contributed by atoms with E-state index in [0.717, 1.165) is 6.07 Å². The highest BCUT2D eigenvalue weighted by Crippen LogP contribution is 2.23. The number of nitrogens with zero attached hydrogens (tertiary/aromatic N) is 1. The molecule has 0 fully saturated rings. The van der Waals surface area contributed by atoms with E-state index in [1.807, 2.05) is 0 Å². The van der Waals surface area contributed by atoms with Crippen molar-refractivity contribution >= 4 is 34.9 Å². The largest absolute Gasteiger partial charge is 0.459 e. The minimum absolute atomic E-state index is 0.0147. The zero-order valence-corrected chi connectivity index (χ0v) is 14.2. The van der Waals surface area contributed by atoms with E-state index in [1.54, 1.807) is 13.8 Å². The van der Waals surface area contributed by atoms with Gasteiger partial charge in [-0.05, 0) is 44.2 Å². The summed E-state index contributed by atoms with van der Waals surface area (Å²) in [5.74, 6) is -1.05. The molecule has 130 valence electrons. The Morgan fingerprint density at radius 1 is 1.16 bits per heavy atom. The van der Waals surface area contributed by atoms with Gasteiger partial charge in [0.05, 0.1) is 27.2 Å². The topological polar surface area (TPSA) is 98.5 Å². The Hall–Kier alpha value is -2.93. The second kappa shape index (κ2) is 7.76. The quantitative estimate of drug-likeness (QED) is 0.491. The molecule has 0 radical (unpaired) electrons. The van der Waals surface area contributed by atoms with Gasteiger partial charge in [-0.15, -0.1) is 0 Å². The second-order valence-corrected chi connectivity index (χ2v) is 5.81. The Bertz CT molecular complexity index is 818. The molecule has 2 rings (SSSR count).